The second-order valence-electron chi connectivity index (χ2n) is 5.12. The first-order valence-corrected chi connectivity index (χ1v) is 8.27. The summed E-state index contributed by atoms with van der Waals surface area (Å²) in [5.74, 6) is 0.248. The Bertz CT molecular complexity index is 1040. The van der Waals surface area contributed by atoms with Crippen molar-refractivity contribution < 1.29 is 13.2 Å². The Morgan fingerprint density at radius 2 is 1.88 bits per heavy atom. The average Bonchev–Trinajstić information content (AvgIpc) is 2.93. The lowest BCUT2D eigenvalue weighted by atomic mass is 10.1. The molecule has 1 aromatic heterocycles. The van der Waals surface area contributed by atoms with Gasteiger partial charge in [-0.1, -0.05) is 41.4 Å². The lowest BCUT2D eigenvalue weighted by Crippen LogP contribution is -2.09. The number of alkyl halides is 3. The fraction of sp³-hybridized carbons (Fsp3) is 0.0625. The monoisotopic (exact) mass is 416 g/mol. The van der Waals surface area contributed by atoms with Crippen LogP contribution in [0.3, 0.4) is 0 Å². The maximum atomic E-state index is 13.1. The SMILES string of the molecule is FC(F)(F)c1ccccc1/C=N/n1c(-c2ccc(Cl)cc2Cl)n[nH]c1=S. The lowest BCUT2D eigenvalue weighted by Gasteiger charge is -2.09. The van der Waals surface area contributed by atoms with E-state index in [0.717, 1.165) is 12.3 Å². The molecule has 0 amide bonds. The van der Waals surface area contributed by atoms with Crippen molar-refractivity contribution in [2.75, 3.05) is 0 Å². The Hall–Kier alpha value is -2.16. The first-order chi connectivity index (χ1) is 12.3. The molecule has 0 saturated heterocycles. The molecule has 4 nitrogen and oxygen atoms in total. The van der Waals surface area contributed by atoms with Crippen molar-refractivity contribution in [3.05, 3.63) is 68.4 Å². The van der Waals surface area contributed by atoms with Crippen LogP contribution in [0.1, 0.15) is 11.1 Å². The van der Waals surface area contributed by atoms with E-state index in [2.05, 4.69) is 15.3 Å². The zero-order chi connectivity index (χ0) is 18.9. The number of aromatic nitrogens is 3. The van der Waals surface area contributed by atoms with E-state index in [1.54, 1.807) is 12.1 Å². The maximum Gasteiger partial charge on any atom is 0.417 e. The van der Waals surface area contributed by atoms with Crippen LogP contribution in [0.15, 0.2) is 47.6 Å². The molecule has 0 fully saturated rings. The summed E-state index contributed by atoms with van der Waals surface area (Å²) in [6.45, 7) is 0. The standard InChI is InChI=1S/C16H9Cl2F3N4S/c17-10-5-6-11(13(18)7-10)14-23-24-15(26)25(14)22-8-9-3-1-2-4-12(9)16(19,20)21/h1-8H,(H,24,26)/b22-8+. The van der Waals surface area contributed by atoms with Crippen LogP contribution in [0, 0.1) is 4.77 Å². The number of nitrogens with zero attached hydrogens (tertiary/aromatic N) is 3. The summed E-state index contributed by atoms with van der Waals surface area (Å²) in [7, 11) is 0. The van der Waals surface area contributed by atoms with Crippen molar-refractivity contribution in [1.29, 1.82) is 0 Å². The molecule has 0 bridgehead atoms. The lowest BCUT2D eigenvalue weighted by molar-refractivity contribution is -0.137. The summed E-state index contributed by atoms with van der Waals surface area (Å²) < 4.78 is 40.6. The van der Waals surface area contributed by atoms with Crippen molar-refractivity contribution in [2.24, 2.45) is 5.10 Å². The predicted octanol–water partition coefficient (Wildman–Crippen LogP) is 5.82. The van der Waals surface area contributed by atoms with Crippen LogP contribution in [-0.2, 0) is 6.18 Å². The van der Waals surface area contributed by atoms with Crippen LogP contribution in [0.25, 0.3) is 11.4 Å². The molecule has 10 heteroatoms. The van der Waals surface area contributed by atoms with Gasteiger partial charge in [-0.3, -0.25) is 0 Å². The van der Waals surface area contributed by atoms with Gasteiger partial charge in [-0.15, -0.1) is 0 Å². The Balaban J connectivity index is 2.07. The van der Waals surface area contributed by atoms with Gasteiger partial charge >= 0.3 is 6.18 Å². The van der Waals surface area contributed by atoms with Gasteiger partial charge in [0.15, 0.2) is 5.82 Å². The molecule has 134 valence electrons. The Morgan fingerprint density at radius 3 is 2.58 bits per heavy atom. The zero-order valence-electron chi connectivity index (χ0n) is 12.8. The molecule has 0 spiro atoms. The zero-order valence-corrected chi connectivity index (χ0v) is 15.1. The molecule has 26 heavy (non-hydrogen) atoms. The molecule has 0 saturated carbocycles. The van der Waals surface area contributed by atoms with Crippen LogP contribution in [-0.4, -0.2) is 21.1 Å². The fourth-order valence-electron chi connectivity index (χ4n) is 2.23. The molecule has 0 aliphatic heterocycles. The van der Waals surface area contributed by atoms with E-state index in [1.165, 1.54) is 28.9 Å². The topological polar surface area (TPSA) is 46.0 Å². The molecule has 0 aliphatic rings. The van der Waals surface area contributed by atoms with Crippen LogP contribution in [0.2, 0.25) is 10.0 Å². The highest BCUT2D eigenvalue weighted by atomic mass is 35.5. The van der Waals surface area contributed by atoms with E-state index in [1.807, 2.05) is 0 Å². The van der Waals surface area contributed by atoms with E-state index >= 15 is 0 Å². The molecule has 1 heterocycles. The van der Waals surface area contributed by atoms with Crippen molar-refractivity contribution in [1.82, 2.24) is 14.9 Å². The van der Waals surface area contributed by atoms with Gasteiger partial charge in [0.1, 0.15) is 0 Å². The smallest absolute Gasteiger partial charge is 0.250 e. The number of halogens is 5. The normalized spacial score (nSPS) is 12.0. The van der Waals surface area contributed by atoms with Crippen LogP contribution in [0.4, 0.5) is 13.2 Å². The van der Waals surface area contributed by atoms with E-state index < -0.39 is 11.7 Å². The minimum Gasteiger partial charge on any atom is -0.250 e. The van der Waals surface area contributed by atoms with Gasteiger partial charge in [0.25, 0.3) is 0 Å². The highest BCUT2D eigenvalue weighted by Gasteiger charge is 2.32. The maximum absolute atomic E-state index is 13.1. The van der Waals surface area contributed by atoms with Crippen molar-refractivity contribution >= 4 is 41.6 Å². The van der Waals surface area contributed by atoms with Gasteiger partial charge in [-0.05, 0) is 36.5 Å². The molecular formula is C16H9Cl2F3N4S. The molecule has 3 rings (SSSR count). The van der Waals surface area contributed by atoms with Gasteiger partial charge < -0.3 is 0 Å². The first-order valence-electron chi connectivity index (χ1n) is 7.11. The molecule has 0 atom stereocenters. The first kappa shape index (κ1) is 18.6. The molecule has 0 radical (unpaired) electrons. The van der Waals surface area contributed by atoms with E-state index in [9.17, 15) is 13.2 Å². The minimum atomic E-state index is -4.50. The Labute approximate surface area is 160 Å². The number of rotatable bonds is 3. The largest absolute Gasteiger partial charge is 0.417 e. The molecule has 0 unspecified atom stereocenters. The summed E-state index contributed by atoms with van der Waals surface area (Å²) in [4.78, 5) is 0. The second-order valence-corrected chi connectivity index (χ2v) is 6.35. The molecule has 1 N–H and O–H groups in total. The van der Waals surface area contributed by atoms with E-state index in [4.69, 9.17) is 35.4 Å². The van der Waals surface area contributed by atoms with Crippen LogP contribution in [0.5, 0.6) is 0 Å². The summed E-state index contributed by atoms with van der Waals surface area (Å²) >= 11 is 17.1. The number of hydrogen-bond acceptors (Lipinski definition) is 3. The molecule has 3 aromatic rings. The van der Waals surface area contributed by atoms with Crippen molar-refractivity contribution in [2.45, 2.75) is 6.18 Å². The van der Waals surface area contributed by atoms with Crippen molar-refractivity contribution in [3.8, 4) is 11.4 Å². The number of aromatic amines is 1. The van der Waals surface area contributed by atoms with Gasteiger partial charge in [-0.2, -0.15) is 28.0 Å². The fourth-order valence-corrected chi connectivity index (χ4v) is 2.90. The van der Waals surface area contributed by atoms with Gasteiger partial charge in [0.05, 0.1) is 16.8 Å². The third-order valence-corrected chi connectivity index (χ3v) is 4.21. The number of nitrogens with one attached hydrogen (secondary N) is 1. The van der Waals surface area contributed by atoms with Gasteiger partial charge in [-0.25, -0.2) is 5.10 Å². The Morgan fingerprint density at radius 1 is 1.15 bits per heavy atom. The second kappa shape index (κ2) is 7.22. The Kier molecular flexibility index (Phi) is 5.17. The number of benzene rings is 2. The summed E-state index contributed by atoms with van der Waals surface area (Å²) in [5.41, 5.74) is -0.425. The highest BCUT2D eigenvalue weighted by Crippen LogP contribution is 2.32. The van der Waals surface area contributed by atoms with Gasteiger partial charge in [0.2, 0.25) is 4.77 Å². The highest BCUT2D eigenvalue weighted by molar-refractivity contribution is 7.71. The average molecular weight is 417 g/mol. The minimum absolute atomic E-state index is 0.101. The summed E-state index contributed by atoms with van der Waals surface area (Å²) in [5, 5.41) is 11.4. The van der Waals surface area contributed by atoms with Gasteiger partial charge in [0, 0.05) is 16.1 Å². The molecular weight excluding hydrogens is 408 g/mol. The third-order valence-electron chi connectivity index (χ3n) is 3.40. The number of H-pyrrole nitrogens is 1. The quantitative estimate of drug-likeness (QED) is 0.432. The van der Waals surface area contributed by atoms with E-state index in [-0.39, 0.29) is 16.2 Å². The summed E-state index contributed by atoms with van der Waals surface area (Å²) in [6.07, 6.45) is -3.43. The van der Waals surface area contributed by atoms with Crippen LogP contribution >= 0.6 is 35.4 Å². The predicted molar refractivity (Wildman–Crippen MR) is 97.3 cm³/mol. The molecule has 2 aromatic carbocycles. The number of hydrogen-bond donors (Lipinski definition) is 1. The summed E-state index contributed by atoms with van der Waals surface area (Å²) in [6, 6.07) is 9.82. The molecule has 0 aliphatic carbocycles. The van der Waals surface area contributed by atoms with Crippen molar-refractivity contribution in [3.63, 3.8) is 0 Å². The van der Waals surface area contributed by atoms with E-state index in [0.29, 0.717) is 15.6 Å². The third kappa shape index (κ3) is 3.82. The van der Waals surface area contributed by atoms with Crippen LogP contribution < -0.4 is 0 Å².